The van der Waals surface area contributed by atoms with Gasteiger partial charge >= 0.3 is 0 Å². The van der Waals surface area contributed by atoms with E-state index < -0.39 is 27.6 Å². The summed E-state index contributed by atoms with van der Waals surface area (Å²) in [5.74, 6) is -2.01. The van der Waals surface area contributed by atoms with Gasteiger partial charge in [0.2, 0.25) is 15.9 Å². The fraction of sp³-hybridized carbons (Fsp3) is 0.278. The van der Waals surface area contributed by atoms with Gasteiger partial charge < -0.3 is 5.32 Å². The van der Waals surface area contributed by atoms with Crippen molar-refractivity contribution in [1.82, 2.24) is 9.21 Å². The van der Waals surface area contributed by atoms with Gasteiger partial charge in [-0.15, -0.1) is 0 Å². The topological polar surface area (TPSA) is 69.7 Å². The lowest BCUT2D eigenvalue weighted by Gasteiger charge is -2.33. The van der Waals surface area contributed by atoms with Crippen LogP contribution in [-0.2, 0) is 14.8 Å². The molecular weight excluding hydrogens is 376 g/mol. The normalized spacial score (nSPS) is 16.2. The lowest BCUT2D eigenvalue weighted by Crippen LogP contribution is -2.50. The first-order chi connectivity index (χ1) is 12.9. The lowest BCUT2D eigenvalue weighted by molar-refractivity contribution is -0.117. The number of anilines is 1. The molecule has 0 radical (unpaired) electrons. The van der Waals surface area contributed by atoms with Crippen molar-refractivity contribution in [2.45, 2.75) is 4.90 Å². The minimum Gasteiger partial charge on any atom is -0.322 e. The number of halogens is 2. The second-order valence-electron chi connectivity index (χ2n) is 6.17. The molecule has 0 unspecified atom stereocenters. The Morgan fingerprint density at radius 3 is 2.30 bits per heavy atom. The van der Waals surface area contributed by atoms with Crippen LogP contribution in [0, 0.1) is 11.6 Å². The number of amides is 1. The fourth-order valence-corrected chi connectivity index (χ4v) is 4.30. The van der Waals surface area contributed by atoms with Crippen molar-refractivity contribution < 1.29 is 22.0 Å². The molecule has 1 aliphatic rings. The molecule has 0 atom stereocenters. The molecule has 1 N–H and O–H groups in total. The number of carbonyl (C=O) groups excluding carboxylic acids is 1. The largest absolute Gasteiger partial charge is 0.322 e. The highest BCUT2D eigenvalue weighted by Gasteiger charge is 2.28. The number of benzene rings is 2. The highest BCUT2D eigenvalue weighted by molar-refractivity contribution is 7.89. The molecule has 1 fully saturated rings. The predicted octanol–water partition coefficient (Wildman–Crippen LogP) is 1.91. The van der Waals surface area contributed by atoms with Crippen molar-refractivity contribution in [2.24, 2.45) is 0 Å². The Balaban J connectivity index is 1.54. The third-order valence-corrected chi connectivity index (χ3v) is 6.20. The Morgan fingerprint density at radius 1 is 1.00 bits per heavy atom. The molecule has 0 spiro atoms. The van der Waals surface area contributed by atoms with Crippen molar-refractivity contribution in [1.29, 1.82) is 0 Å². The van der Waals surface area contributed by atoms with Crippen molar-refractivity contribution in [2.75, 3.05) is 38.0 Å². The van der Waals surface area contributed by atoms with E-state index in [0.717, 1.165) is 12.1 Å². The van der Waals surface area contributed by atoms with Crippen LogP contribution in [0.15, 0.2) is 53.4 Å². The van der Waals surface area contributed by atoms with Crippen molar-refractivity contribution in [3.63, 3.8) is 0 Å². The summed E-state index contributed by atoms with van der Waals surface area (Å²) in [5.41, 5.74) is -0.0910. The number of hydrogen-bond donors (Lipinski definition) is 1. The Morgan fingerprint density at radius 2 is 1.67 bits per heavy atom. The zero-order valence-electron chi connectivity index (χ0n) is 14.4. The minimum atomic E-state index is -3.55. The van der Waals surface area contributed by atoms with Crippen LogP contribution in [0.1, 0.15) is 0 Å². The zero-order valence-corrected chi connectivity index (χ0v) is 15.3. The molecule has 0 aliphatic carbocycles. The van der Waals surface area contributed by atoms with Crippen LogP contribution < -0.4 is 5.32 Å². The molecule has 0 bridgehead atoms. The SMILES string of the molecule is O=C(CN1CCN(S(=O)(=O)c2ccccc2)CC1)Nc1ccc(F)cc1F. The second kappa shape index (κ2) is 8.12. The van der Waals surface area contributed by atoms with E-state index >= 15 is 0 Å². The number of nitrogens with one attached hydrogen (secondary N) is 1. The highest BCUT2D eigenvalue weighted by atomic mass is 32.2. The van der Waals surface area contributed by atoms with E-state index in [1.165, 1.54) is 4.31 Å². The molecule has 144 valence electrons. The van der Waals surface area contributed by atoms with Crippen molar-refractivity contribution in [3.05, 3.63) is 60.2 Å². The predicted molar refractivity (Wildman–Crippen MR) is 96.6 cm³/mol. The number of piperazine rings is 1. The molecule has 1 amide bonds. The maximum Gasteiger partial charge on any atom is 0.243 e. The average molecular weight is 395 g/mol. The summed E-state index contributed by atoms with van der Waals surface area (Å²) in [4.78, 5) is 14.1. The smallest absolute Gasteiger partial charge is 0.243 e. The van der Waals surface area contributed by atoms with Gasteiger partial charge in [-0.25, -0.2) is 17.2 Å². The summed E-state index contributed by atoms with van der Waals surface area (Å²) in [6.07, 6.45) is 0. The van der Waals surface area contributed by atoms with Gasteiger partial charge in [0, 0.05) is 32.2 Å². The van der Waals surface area contributed by atoms with E-state index in [9.17, 15) is 22.0 Å². The molecule has 2 aromatic rings. The van der Waals surface area contributed by atoms with Crippen LogP contribution in [0.5, 0.6) is 0 Å². The van der Waals surface area contributed by atoms with Crippen LogP contribution in [0.2, 0.25) is 0 Å². The molecule has 3 rings (SSSR count). The maximum atomic E-state index is 13.6. The zero-order chi connectivity index (χ0) is 19.4. The Bertz CT molecular complexity index is 915. The molecule has 9 heteroatoms. The second-order valence-corrected chi connectivity index (χ2v) is 8.10. The van der Waals surface area contributed by atoms with Crippen LogP contribution in [-0.4, -0.2) is 56.3 Å². The van der Waals surface area contributed by atoms with E-state index in [-0.39, 0.29) is 30.2 Å². The molecule has 0 aromatic heterocycles. The van der Waals surface area contributed by atoms with E-state index in [0.29, 0.717) is 19.2 Å². The lowest BCUT2D eigenvalue weighted by atomic mass is 10.3. The van der Waals surface area contributed by atoms with E-state index in [2.05, 4.69) is 5.32 Å². The molecule has 6 nitrogen and oxygen atoms in total. The maximum absolute atomic E-state index is 13.6. The number of nitrogens with zero attached hydrogens (tertiary/aromatic N) is 2. The van der Waals surface area contributed by atoms with Gasteiger partial charge in [-0.3, -0.25) is 9.69 Å². The van der Waals surface area contributed by atoms with Crippen molar-refractivity contribution >= 4 is 21.6 Å². The van der Waals surface area contributed by atoms with E-state index in [1.807, 2.05) is 0 Å². The van der Waals surface area contributed by atoms with Crippen LogP contribution in [0.4, 0.5) is 14.5 Å². The van der Waals surface area contributed by atoms with Gasteiger partial charge in [0.15, 0.2) is 0 Å². The quantitative estimate of drug-likeness (QED) is 0.840. The monoisotopic (exact) mass is 395 g/mol. The molecule has 0 saturated carbocycles. The average Bonchev–Trinajstić information content (AvgIpc) is 2.65. The Labute approximate surface area is 156 Å². The number of carbonyl (C=O) groups is 1. The highest BCUT2D eigenvalue weighted by Crippen LogP contribution is 2.18. The minimum absolute atomic E-state index is 0.00393. The summed E-state index contributed by atoms with van der Waals surface area (Å²) >= 11 is 0. The van der Waals surface area contributed by atoms with Crippen molar-refractivity contribution in [3.8, 4) is 0 Å². The van der Waals surface area contributed by atoms with E-state index in [1.54, 1.807) is 35.2 Å². The Kier molecular flexibility index (Phi) is 5.83. The summed E-state index contributed by atoms with van der Waals surface area (Å²) in [6.45, 7) is 1.28. The van der Waals surface area contributed by atoms with Gasteiger partial charge in [0.05, 0.1) is 17.1 Å². The standard InChI is InChI=1S/C18H19F2N3O3S/c19-14-6-7-17(16(20)12-14)21-18(24)13-22-8-10-23(11-9-22)27(25,26)15-4-2-1-3-5-15/h1-7,12H,8-11,13H2,(H,21,24). The summed E-state index contributed by atoms with van der Waals surface area (Å²) in [7, 11) is -3.55. The van der Waals surface area contributed by atoms with Crippen LogP contribution >= 0.6 is 0 Å². The first-order valence-corrected chi connectivity index (χ1v) is 9.83. The van der Waals surface area contributed by atoms with E-state index in [4.69, 9.17) is 0 Å². The number of rotatable bonds is 5. The molecule has 2 aromatic carbocycles. The van der Waals surface area contributed by atoms with Gasteiger partial charge in [-0.1, -0.05) is 18.2 Å². The van der Waals surface area contributed by atoms with Crippen LogP contribution in [0.3, 0.4) is 0 Å². The number of sulfonamides is 1. The summed E-state index contributed by atoms with van der Waals surface area (Å²) < 4.78 is 53.0. The van der Waals surface area contributed by atoms with Gasteiger partial charge in [-0.05, 0) is 24.3 Å². The summed E-state index contributed by atoms with van der Waals surface area (Å²) in [5, 5.41) is 2.40. The third-order valence-electron chi connectivity index (χ3n) is 4.28. The number of hydrogen-bond acceptors (Lipinski definition) is 4. The van der Waals surface area contributed by atoms with Gasteiger partial charge in [0.1, 0.15) is 11.6 Å². The third kappa shape index (κ3) is 4.68. The summed E-state index contributed by atoms with van der Waals surface area (Å²) in [6, 6.07) is 11.1. The molecule has 1 heterocycles. The van der Waals surface area contributed by atoms with Crippen LogP contribution in [0.25, 0.3) is 0 Å². The molecule has 27 heavy (non-hydrogen) atoms. The fourth-order valence-electron chi connectivity index (χ4n) is 2.85. The Hall–Kier alpha value is -2.36. The molecule has 1 saturated heterocycles. The first kappa shape index (κ1) is 19.4. The van der Waals surface area contributed by atoms with Gasteiger partial charge in [0.25, 0.3) is 0 Å². The first-order valence-electron chi connectivity index (χ1n) is 8.39. The van der Waals surface area contributed by atoms with Gasteiger partial charge in [-0.2, -0.15) is 4.31 Å². The molecule has 1 aliphatic heterocycles. The molecular formula is C18H19F2N3O3S.